The fourth-order valence-electron chi connectivity index (χ4n) is 10.3. The van der Waals surface area contributed by atoms with Crippen molar-refractivity contribution in [2.45, 2.75) is 160 Å². The van der Waals surface area contributed by atoms with Crippen molar-refractivity contribution in [1.82, 2.24) is 9.57 Å². The number of ether oxygens (including phenoxy) is 3. The van der Waals surface area contributed by atoms with Crippen LogP contribution in [0.4, 0.5) is 39.5 Å². The molecule has 0 radical (unpaired) electrons. The number of benzene rings is 1. The Bertz CT molecular complexity index is 1650. The molecular weight excluding hydrogens is 953 g/mol. The fraction of sp³-hybridized carbons (Fsp3) is 0.851. The van der Waals surface area contributed by atoms with Crippen LogP contribution in [0, 0.1) is 29.7 Å². The molecule has 8 nitrogen and oxygen atoms in total. The van der Waals surface area contributed by atoms with E-state index in [1.807, 2.05) is 27.7 Å². The molecule has 386 valence electrons. The molecule has 67 heavy (non-hydrogen) atoms. The van der Waals surface area contributed by atoms with Crippen LogP contribution in [0.1, 0.15) is 124 Å². The number of alkyl halides is 9. The van der Waals surface area contributed by atoms with Crippen LogP contribution in [-0.4, -0.2) is 123 Å². The molecule has 0 amide bonds. The van der Waals surface area contributed by atoms with E-state index in [1.165, 1.54) is 11.1 Å². The van der Waals surface area contributed by atoms with E-state index in [4.69, 9.17) is 26.5 Å². The van der Waals surface area contributed by atoms with Crippen molar-refractivity contribution in [3.8, 4) is 5.75 Å². The first kappa shape index (κ1) is 56.7. The van der Waals surface area contributed by atoms with Gasteiger partial charge in [-0.2, -0.15) is 39.5 Å². The number of aryl methyl sites for hydroxylation is 1. The van der Waals surface area contributed by atoms with E-state index in [1.54, 1.807) is 0 Å². The van der Waals surface area contributed by atoms with Crippen molar-refractivity contribution >= 4 is 30.1 Å². The molecule has 0 aliphatic heterocycles. The lowest BCUT2D eigenvalue weighted by molar-refractivity contribution is -0.457. The molecule has 20 heteroatoms. The van der Waals surface area contributed by atoms with Gasteiger partial charge in [-0.25, -0.2) is 11.2 Å². The summed E-state index contributed by atoms with van der Waals surface area (Å²) < 4.78 is 158. The first-order valence-corrected chi connectivity index (χ1v) is 27.2. The average Bonchev–Trinajstić information content (AvgIpc) is 3.59. The number of hydrogen-bond acceptors (Lipinski definition) is 9. The average molecular weight is 1030 g/mol. The van der Waals surface area contributed by atoms with Crippen LogP contribution in [0.25, 0.3) is 4.85 Å². The van der Waals surface area contributed by atoms with Gasteiger partial charge < -0.3 is 33.0 Å². The number of halogens is 9. The highest BCUT2D eigenvalue weighted by molar-refractivity contribution is 8.76. The third-order valence-electron chi connectivity index (χ3n) is 13.5. The van der Waals surface area contributed by atoms with E-state index < -0.39 is 45.7 Å². The number of nitrogens with zero attached hydrogens (tertiary/aromatic N) is 3. The van der Waals surface area contributed by atoms with Gasteiger partial charge in [0.1, 0.15) is 12.4 Å². The number of unbranched alkanes of at least 4 members (excludes halogenated alkanes) is 1. The van der Waals surface area contributed by atoms with Crippen molar-refractivity contribution in [3.05, 3.63) is 40.7 Å². The van der Waals surface area contributed by atoms with Gasteiger partial charge >= 0.3 is 24.1 Å². The number of fused-ring (bicyclic) bond motifs is 5. The Morgan fingerprint density at radius 3 is 2.19 bits per heavy atom. The van der Waals surface area contributed by atoms with Crippen LogP contribution in [0.3, 0.4) is 0 Å². The zero-order valence-corrected chi connectivity index (χ0v) is 42.4. The van der Waals surface area contributed by atoms with Gasteiger partial charge in [0.25, 0.3) is 8.53 Å². The largest absolute Gasteiger partial charge is 0.493 e. The maximum absolute atomic E-state index is 13.2. The Kier molecular flexibility index (Phi) is 22.4. The minimum atomic E-state index is -6.75. The molecule has 2 unspecified atom stereocenters. The normalized spacial score (nSPS) is 23.6. The van der Waals surface area contributed by atoms with E-state index in [9.17, 15) is 39.5 Å². The maximum atomic E-state index is 13.2. The van der Waals surface area contributed by atoms with Crippen molar-refractivity contribution in [3.63, 3.8) is 0 Å². The summed E-state index contributed by atoms with van der Waals surface area (Å²) in [7, 11) is 4.54. The van der Waals surface area contributed by atoms with Gasteiger partial charge in [0.2, 0.25) is 6.54 Å². The molecule has 1 aromatic rings. The van der Waals surface area contributed by atoms with Crippen LogP contribution >= 0.6 is 30.1 Å². The Morgan fingerprint density at radius 1 is 0.851 bits per heavy atom. The minimum absolute atomic E-state index is 0.147. The van der Waals surface area contributed by atoms with E-state index >= 15 is 0 Å². The maximum Gasteiger partial charge on any atom is 0.435 e. The molecule has 7 atom stereocenters. The second kappa shape index (κ2) is 26.5. The smallest absolute Gasteiger partial charge is 0.435 e. The van der Waals surface area contributed by atoms with Crippen molar-refractivity contribution in [1.29, 1.82) is 0 Å². The highest BCUT2D eigenvalue weighted by atomic mass is 33.1. The molecule has 2 fully saturated rings. The Morgan fingerprint density at radius 2 is 1.54 bits per heavy atom. The van der Waals surface area contributed by atoms with Gasteiger partial charge in [-0.1, -0.05) is 47.9 Å². The molecule has 1 aromatic carbocycles. The Labute approximate surface area is 403 Å². The predicted octanol–water partition coefficient (Wildman–Crippen LogP) is 13.9. The van der Waals surface area contributed by atoms with Gasteiger partial charge in [0, 0.05) is 31.6 Å². The molecule has 0 heterocycles. The summed E-state index contributed by atoms with van der Waals surface area (Å²) in [6.07, 6.45) is -11.9. The van der Waals surface area contributed by atoms with Crippen LogP contribution in [0.2, 0.25) is 0 Å². The molecule has 2 saturated carbocycles. The second-order valence-electron chi connectivity index (χ2n) is 19.0. The zero-order valence-electron chi connectivity index (χ0n) is 40.9. The molecule has 3 aliphatic rings. The topological polar surface area (TPSA) is 57.0 Å². The van der Waals surface area contributed by atoms with Gasteiger partial charge in [0.05, 0.1) is 25.9 Å². The van der Waals surface area contributed by atoms with Gasteiger partial charge in [-0.05, 0) is 164 Å². The molecule has 0 bridgehead atoms. The van der Waals surface area contributed by atoms with E-state index in [-0.39, 0.29) is 36.1 Å². The van der Waals surface area contributed by atoms with Crippen LogP contribution in [0.15, 0.2) is 18.2 Å². The summed E-state index contributed by atoms with van der Waals surface area (Å²) >= 11 is 0. The Balaban J connectivity index is 1.09. The summed E-state index contributed by atoms with van der Waals surface area (Å²) in [6.45, 7) is 20.0. The standard InChI is InChI=1S/C47H73F9N3O5PS2/c1-33(2)59(34(3)4)65(63-27-22-57-7)64-32-35(5)13-9-10-23-58(8)24-11-29-66-67-30-28-60-37-15-17-38-36(31-37)14-16-40-39(38)20-21-43(6)41(40)18-19-42(43)61-25-12-26-62-44(45(48,49)50,46(51,52)53)47(54,55)56/h15,17,31,33-35,39-42H,9-14,16,18-30,32H2,1-6,8H3/t35?,39-,40-,41+,42+,43+,65?/m1/s1/i5D. The molecule has 0 N–H and O–H groups in total. The van der Waals surface area contributed by atoms with Crippen LogP contribution in [0.5, 0.6) is 5.75 Å². The predicted molar refractivity (Wildman–Crippen MR) is 250 cm³/mol. The van der Waals surface area contributed by atoms with Gasteiger partial charge in [-0.3, -0.25) is 0 Å². The van der Waals surface area contributed by atoms with Crippen LogP contribution < -0.4 is 4.74 Å². The van der Waals surface area contributed by atoms with Crippen molar-refractivity contribution in [2.24, 2.45) is 23.2 Å². The zero-order chi connectivity index (χ0) is 50.3. The first-order chi connectivity index (χ1) is 32.0. The summed E-state index contributed by atoms with van der Waals surface area (Å²) in [4.78, 5) is 5.78. The number of rotatable bonds is 29. The summed E-state index contributed by atoms with van der Waals surface area (Å²) in [5, 5.41) is 0. The fourth-order valence-corrected chi connectivity index (χ4v) is 13.9. The summed E-state index contributed by atoms with van der Waals surface area (Å²) in [5.41, 5.74) is -3.92. The lowest BCUT2D eigenvalue weighted by atomic mass is 9.55. The lowest BCUT2D eigenvalue weighted by Crippen LogP contribution is -2.67. The first-order valence-electron chi connectivity index (χ1n) is 24.3. The minimum Gasteiger partial charge on any atom is -0.493 e. The van der Waals surface area contributed by atoms with Crippen LogP contribution in [-0.2, 0) is 24.9 Å². The van der Waals surface area contributed by atoms with Crippen molar-refractivity contribution < 1.29 is 64.1 Å². The molecule has 0 spiro atoms. The third-order valence-corrected chi connectivity index (χ3v) is 18.0. The van der Waals surface area contributed by atoms with E-state index in [2.05, 4.69) is 73.0 Å². The highest BCUT2D eigenvalue weighted by Crippen LogP contribution is 2.62. The van der Waals surface area contributed by atoms with Gasteiger partial charge in [0.15, 0.2) is 0 Å². The number of hydrogen-bond donors (Lipinski definition) is 0. The molecule has 4 rings (SSSR count). The Hall–Kier alpha value is -1.23. The second-order valence-corrected chi connectivity index (χ2v) is 23.1. The SMILES string of the molecule is [2H]CC(CCCCN(C)CCCSSCCOc1ccc2c(c1)CC[C@@H]1[C@@H]2CC[C@]2(C)[C@@H](OCCCOC(C(F)(F)F)(C(F)(F)F)C(F)(F)F)CC[C@@H]12)COP(OCC[N+]#[C-])N(C(C)C)C(C)C. The monoisotopic (exact) mass is 1030 g/mol. The van der Waals surface area contributed by atoms with E-state index in [0.717, 1.165) is 88.1 Å². The molecule has 3 aliphatic carbocycles. The van der Waals surface area contributed by atoms with Gasteiger partial charge in [-0.15, -0.1) is 0 Å². The van der Waals surface area contributed by atoms with Crippen molar-refractivity contribution in [2.75, 3.05) is 71.2 Å². The quantitative estimate of drug-likeness (QED) is 0.0257. The lowest BCUT2D eigenvalue weighted by Gasteiger charge is -2.50. The molecule has 0 saturated heterocycles. The van der Waals surface area contributed by atoms with E-state index in [0.29, 0.717) is 57.4 Å². The summed E-state index contributed by atoms with van der Waals surface area (Å²) in [6, 6.07) is 6.86. The summed E-state index contributed by atoms with van der Waals surface area (Å²) in [5.74, 6) is 3.94. The molecular formula is C47H73F9N3O5PS2. The molecule has 0 aromatic heterocycles. The highest BCUT2D eigenvalue weighted by Gasteiger charge is 2.85. The third kappa shape index (κ3) is 15.6.